The SMILES string of the molecule is COc1cc(OC)nc(NC(=O)COC(=O)[C@H](C(C)C)N2C(=O)c3ccccc3C2=O)n1. The van der Waals surface area contributed by atoms with Crippen LogP contribution in [-0.2, 0) is 14.3 Å². The van der Waals surface area contributed by atoms with Crippen LogP contribution in [-0.4, -0.2) is 65.4 Å². The van der Waals surface area contributed by atoms with E-state index in [0.717, 1.165) is 4.90 Å². The number of fused-ring (bicyclic) bond motifs is 1. The summed E-state index contributed by atoms with van der Waals surface area (Å²) in [7, 11) is 2.78. The average Bonchev–Trinajstić information content (AvgIpc) is 3.02. The minimum absolute atomic E-state index is 0.108. The highest BCUT2D eigenvalue weighted by Gasteiger charge is 2.44. The molecule has 32 heavy (non-hydrogen) atoms. The van der Waals surface area contributed by atoms with Gasteiger partial charge in [-0.2, -0.15) is 9.97 Å². The highest BCUT2D eigenvalue weighted by atomic mass is 16.5. The van der Waals surface area contributed by atoms with Gasteiger partial charge >= 0.3 is 5.97 Å². The topological polar surface area (TPSA) is 137 Å². The van der Waals surface area contributed by atoms with E-state index >= 15 is 0 Å². The summed E-state index contributed by atoms with van der Waals surface area (Å²) in [5.74, 6) is -3.00. The minimum Gasteiger partial charge on any atom is -0.481 e. The van der Waals surface area contributed by atoms with E-state index in [9.17, 15) is 19.2 Å². The number of aromatic nitrogens is 2. The van der Waals surface area contributed by atoms with E-state index in [1.807, 2.05) is 0 Å². The van der Waals surface area contributed by atoms with Crippen molar-refractivity contribution >= 4 is 29.6 Å². The van der Waals surface area contributed by atoms with Gasteiger partial charge in [-0.3, -0.25) is 24.6 Å². The third-order valence-corrected chi connectivity index (χ3v) is 4.67. The number of nitrogens with one attached hydrogen (secondary N) is 1. The molecule has 3 amide bonds. The molecule has 0 saturated heterocycles. The van der Waals surface area contributed by atoms with Crippen molar-refractivity contribution in [1.82, 2.24) is 14.9 Å². The number of amides is 3. The molecule has 168 valence electrons. The minimum atomic E-state index is -1.19. The molecule has 1 aromatic carbocycles. The van der Waals surface area contributed by atoms with Gasteiger partial charge in [-0.1, -0.05) is 26.0 Å². The first kappa shape index (κ1) is 22.7. The second-order valence-corrected chi connectivity index (χ2v) is 7.15. The first-order valence-electron chi connectivity index (χ1n) is 9.67. The Balaban J connectivity index is 1.68. The van der Waals surface area contributed by atoms with Crippen LogP contribution >= 0.6 is 0 Å². The fourth-order valence-electron chi connectivity index (χ4n) is 3.19. The monoisotopic (exact) mass is 442 g/mol. The smallest absolute Gasteiger partial charge is 0.330 e. The van der Waals surface area contributed by atoms with Gasteiger partial charge in [0.15, 0.2) is 6.61 Å². The van der Waals surface area contributed by atoms with Gasteiger partial charge in [-0.05, 0) is 18.1 Å². The maximum absolute atomic E-state index is 12.8. The van der Waals surface area contributed by atoms with Crippen LogP contribution in [0.3, 0.4) is 0 Å². The summed E-state index contributed by atoms with van der Waals surface area (Å²) in [5, 5.41) is 2.37. The Morgan fingerprint density at radius 2 is 1.53 bits per heavy atom. The first-order chi connectivity index (χ1) is 15.3. The molecule has 1 N–H and O–H groups in total. The number of hydrogen-bond donors (Lipinski definition) is 1. The predicted molar refractivity (Wildman–Crippen MR) is 110 cm³/mol. The number of ether oxygens (including phenoxy) is 3. The largest absolute Gasteiger partial charge is 0.481 e. The molecule has 0 bridgehead atoms. The summed E-state index contributed by atoms with van der Waals surface area (Å²) in [6.45, 7) is 2.67. The number of nitrogens with zero attached hydrogens (tertiary/aromatic N) is 3. The van der Waals surface area contributed by atoms with Gasteiger partial charge < -0.3 is 14.2 Å². The number of carbonyl (C=O) groups is 4. The van der Waals surface area contributed by atoms with E-state index in [1.165, 1.54) is 32.4 Å². The molecule has 1 atom stereocenters. The molecule has 0 spiro atoms. The molecule has 2 heterocycles. The van der Waals surface area contributed by atoms with E-state index in [4.69, 9.17) is 14.2 Å². The first-order valence-corrected chi connectivity index (χ1v) is 9.67. The molecule has 1 aromatic heterocycles. The molecular formula is C21H22N4O7. The van der Waals surface area contributed by atoms with Crippen LogP contribution in [0.25, 0.3) is 0 Å². The number of benzene rings is 1. The summed E-state index contributed by atoms with van der Waals surface area (Å²) < 4.78 is 15.1. The zero-order valence-electron chi connectivity index (χ0n) is 17.9. The van der Waals surface area contributed by atoms with Crippen LogP contribution in [0.2, 0.25) is 0 Å². The number of rotatable bonds is 8. The number of hydrogen-bond acceptors (Lipinski definition) is 9. The van der Waals surface area contributed by atoms with Crippen molar-refractivity contribution in [2.24, 2.45) is 5.92 Å². The van der Waals surface area contributed by atoms with Gasteiger partial charge in [-0.15, -0.1) is 0 Å². The number of esters is 1. The van der Waals surface area contributed by atoms with E-state index in [2.05, 4.69) is 15.3 Å². The molecule has 0 radical (unpaired) electrons. The Bertz CT molecular complexity index is 1010. The second kappa shape index (κ2) is 9.41. The van der Waals surface area contributed by atoms with E-state index < -0.39 is 42.3 Å². The fraction of sp³-hybridized carbons (Fsp3) is 0.333. The zero-order valence-corrected chi connectivity index (χ0v) is 17.9. The molecule has 2 aromatic rings. The standard InChI is InChI=1S/C21H22N4O7/c1-11(2)17(25-18(27)12-7-5-6-8-13(12)19(25)28)20(29)32-10-14(26)22-21-23-15(30-3)9-16(24-21)31-4/h5-9,11,17H,10H2,1-4H3,(H,22,23,24,26)/t17-/m0/s1. The third-order valence-electron chi connectivity index (χ3n) is 4.67. The van der Waals surface area contributed by atoms with Crippen LogP contribution in [0.15, 0.2) is 30.3 Å². The van der Waals surface area contributed by atoms with Gasteiger partial charge in [0.2, 0.25) is 17.7 Å². The quantitative estimate of drug-likeness (QED) is 0.473. The van der Waals surface area contributed by atoms with Crippen molar-refractivity contribution in [2.45, 2.75) is 19.9 Å². The summed E-state index contributed by atoms with van der Waals surface area (Å²) in [5.41, 5.74) is 0.440. The van der Waals surface area contributed by atoms with Crippen LogP contribution in [0, 0.1) is 5.92 Å². The van der Waals surface area contributed by atoms with Crippen LogP contribution in [0.5, 0.6) is 11.8 Å². The average molecular weight is 442 g/mol. The molecule has 0 aliphatic carbocycles. The lowest BCUT2D eigenvalue weighted by molar-refractivity contribution is -0.152. The Morgan fingerprint density at radius 3 is 2.00 bits per heavy atom. The molecular weight excluding hydrogens is 420 g/mol. The number of methoxy groups -OCH3 is 2. The second-order valence-electron chi connectivity index (χ2n) is 7.15. The van der Waals surface area contributed by atoms with Gasteiger partial charge in [0, 0.05) is 0 Å². The maximum Gasteiger partial charge on any atom is 0.330 e. The number of anilines is 1. The lowest BCUT2D eigenvalue weighted by Gasteiger charge is -2.27. The van der Waals surface area contributed by atoms with Crippen LogP contribution < -0.4 is 14.8 Å². The normalized spacial score (nSPS) is 13.6. The van der Waals surface area contributed by atoms with Crippen LogP contribution in [0.4, 0.5) is 5.95 Å². The highest BCUT2D eigenvalue weighted by Crippen LogP contribution is 2.27. The number of imide groups is 1. The lowest BCUT2D eigenvalue weighted by atomic mass is 10.0. The molecule has 1 aliphatic rings. The fourth-order valence-corrected chi connectivity index (χ4v) is 3.19. The van der Waals surface area contributed by atoms with Crippen molar-refractivity contribution < 1.29 is 33.4 Å². The van der Waals surface area contributed by atoms with Gasteiger partial charge in [0.1, 0.15) is 6.04 Å². The van der Waals surface area contributed by atoms with Crippen molar-refractivity contribution in [3.8, 4) is 11.8 Å². The number of carbonyl (C=O) groups excluding carboxylic acids is 4. The van der Waals surface area contributed by atoms with Crippen molar-refractivity contribution in [2.75, 3.05) is 26.1 Å². The third kappa shape index (κ3) is 4.51. The Labute approximate surface area is 183 Å². The maximum atomic E-state index is 12.8. The predicted octanol–water partition coefficient (Wildman–Crippen LogP) is 1.30. The molecule has 0 fully saturated rings. The summed E-state index contributed by atoms with van der Waals surface area (Å²) in [6, 6.07) is 6.54. The van der Waals surface area contributed by atoms with Crippen molar-refractivity contribution in [3.63, 3.8) is 0 Å². The molecule has 0 unspecified atom stereocenters. The Kier molecular flexibility index (Phi) is 6.67. The van der Waals surface area contributed by atoms with Gasteiger partial charge in [0.25, 0.3) is 17.7 Å². The summed E-state index contributed by atoms with van der Waals surface area (Å²) in [4.78, 5) is 59.2. The molecule has 11 heteroatoms. The Hall–Kier alpha value is -4.02. The highest BCUT2D eigenvalue weighted by molar-refractivity contribution is 6.22. The molecule has 11 nitrogen and oxygen atoms in total. The van der Waals surface area contributed by atoms with Gasteiger partial charge in [0.05, 0.1) is 31.4 Å². The Morgan fingerprint density at radius 1 is 1.00 bits per heavy atom. The van der Waals surface area contributed by atoms with E-state index in [-0.39, 0.29) is 28.8 Å². The summed E-state index contributed by atoms with van der Waals surface area (Å²) in [6.07, 6.45) is 0. The van der Waals surface area contributed by atoms with E-state index in [1.54, 1.807) is 26.0 Å². The molecule has 0 saturated carbocycles. The molecule has 3 rings (SSSR count). The molecule has 1 aliphatic heterocycles. The zero-order chi connectivity index (χ0) is 23.4. The van der Waals surface area contributed by atoms with Crippen molar-refractivity contribution in [3.05, 3.63) is 41.5 Å². The van der Waals surface area contributed by atoms with Gasteiger partial charge in [-0.25, -0.2) is 4.79 Å². The summed E-state index contributed by atoms with van der Waals surface area (Å²) >= 11 is 0. The van der Waals surface area contributed by atoms with E-state index in [0.29, 0.717) is 0 Å². The lowest BCUT2D eigenvalue weighted by Crippen LogP contribution is -2.49. The van der Waals surface area contributed by atoms with Crippen LogP contribution in [0.1, 0.15) is 34.6 Å². The van der Waals surface area contributed by atoms with Crippen molar-refractivity contribution in [1.29, 1.82) is 0 Å².